The first-order valence-corrected chi connectivity index (χ1v) is 5.22. The van der Waals surface area contributed by atoms with Crippen molar-refractivity contribution in [1.82, 2.24) is 0 Å². The third-order valence-corrected chi connectivity index (χ3v) is 2.62. The smallest absolute Gasteiger partial charge is 0.0547 e. The standard InChI is InChI=1S/C6H8N2.C5H12N2/c7-5-3-1-2-4-6(5)8;6-4-2-1-3-5(4)7/h1-4H,7-8H2;4-5H,1-3,6-7H2. The van der Waals surface area contributed by atoms with Crippen molar-refractivity contribution in [3.63, 3.8) is 0 Å². The summed E-state index contributed by atoms with van der Waals surface area (Å²) < 4.78 is 0. The van der Waals surface area contributed by atoms with Gasteiger partial charge in [0.1, 0.15) is 0 Å². The van der Waals surface area contributed by atoms with Crippen LogP contribution in [0.5, 0.6) is 0 Å². The minimum absolute atomic E-state index is 0.292. The Balaban J connectivity index is 0.000000151. The highest BCUT2D eigenvalue weighted by atomic mass is 14.8. The van der Waals surface area contributed by atoms with Gasteiger partial charge in [-0.25, -0.2) is 0 Å². The van der Waals surface area contributed by atoms with E-state index in [-0.39, 0.29) is 0 Å². The lowest BCUT2D eigenvalue weighted by Gasteiger charge is -2.05. The van der Waals surface area contributed by atoms with Crippen molar-refractivity contribution in [3.8, 4) is 0 Å². The molecule has 2 rings (SSSR count). The van der Waals surface area contributed by atoms with Gasteiger partial charge < -0.3 is 22.9 Å². The Morgan fingerprint density at radius 2 is 1.27 bits per heavy atom. The highest BCUT2D eigenvalue weighted by molar-refractivity contribution is 5.62. The summed E-state index contributed by atoms with van der Waals surface area (Å²) in [4.78, 5) is 0. The highest BCUT2D eigenvalue weighted by Crippen LogP contribution is 2.14. The molecule has 0 aliphatic heterocycles. The molecule has 0 saturated heterocycles. The topological polar surface area (TPSA) is 104 Å². The first-order valence-electron chi connectivity index (χ1n) is 5.22. The molecule has 0 amide bonds. The second-order valence-corrected chi connectivity index (χ2v) is 3.89. The van der Waals surface area contributed by atoms with Crippen molar-refractivity contribution in [2.45, 2.75) is 31.3 Å². The van der Waals surface area contributed by atoms with Gasteiger partial charge in [-0.05, 0) is 25.0 Å². The maximum absolute atomic E-state index is 5.55. The van der Waals surface area contributed by atoms with Gasteiger partial charge in [0, 0.05) is 12.1 Å². The Kier molecular flexibility index (Phi) is 4.39. The van der Waals surface area contributed by atoms with E-state index in [0.717, 1.165) is 12.8 Å². The zero-order valence-electron chi connectivity index (χ0n) is 8.89. The van der Waals surface area contributed by atoms with Gasteiger partial charge >= 0.3 is 0 Å². The third kappa shape index (κ3) is 3.77. The second kappa shape index (κ2) is 5.58. The fourth-order valence-electron chi connectivity index (χ4n) is 1.53. The Morgan fingerprint density at radius 3 is 1.47 bits per heavy atom. The van der Waals surface area contributed by atoms with Crippen LogP contribution in [-0.2, 0) is 0 Å². The molecule has 2 unspecified atom stereocenters. The number of nitrogens with two attached hydrogens (primary N) is 4. The van der Waals surface area contributed by atoms with Crippen molar-refractivity contribution in [2.24, 2.45) is 11.5 Å². The third-order valence-electron chi connectivity index (χ3n) is 2.62. The number of anilines is 2. The van der Waals surface area contributed by atoms with Crippen LogP contribution >= 0.6 is 0 Å². The van der Waals surface area contributed by atoms with E-state index >= 15 is 0 Å². The average molecular weight is 208 g/mol. The zero-order valence-corrected chi connectivity index (χ0v) is 8.89. The first-order chi connectivity index (χ1) is 7.11. The number of hydrogen-bond acceptors (Lipinski definition) is 4. The minimum atomic E-state index is 0.292. The fourth-order valence-corrected chi connectivity index (χ4v) is 1.53. The van der Waals surface area contributed by atoms with Crippen molar-refractivity contribution < 1.29 is 0 Å². The molecule has 84 valence electrons. The number of rotatable bonds is 0. The normalized spacial score (nSPS) is 24.4. The molecule has 4 nitrogen and oxygen atoms in total. The van der Waals surface area contributed by atoms with E-state index in [1.807, 2.05) is 12.1 Å². The lowest BCUT2D eigenvalue weighted by atomic mass is 10.2. The SMILES string of the molecule is NC1CCCC1N.Nc1ccccc1N. The summed E-state index contributed by atoms with van der Waals surface area (Å²) in [5.74, 6) is 0. The predicted octanol–water partition coefficient (Wildman–Crippen LogP) is 0.676. The van der Waals surface area contributed by atoms with Gasteiger partial charge in [0.2, 0.25) is 0 Å². The molecule has 15 heavy (non-hydrogen) atoms. The van der Waals surface area contributed by atoms with Crippen molar-refractivity contribution in [1.29, 1.82) is 0 Å². The van der Waals surface area contributed by atoms with E-state index in [4.69, 9.17) is 22.9 Å². The molecule has 0 aromatic heterocycles. The van der Waals surface area contributed by atoms with Gasteiger partial charge in [-0.3, -0.25) is 0 Å². The van der Waals surface area contributed by atoms with E-state index in [1.54, 1.807) is 12.1 Å². The summed E-state index contributed by atoms with van der Waals surface area (Å²) in [5, 5.41) is 0. The molecule has 0 spiro atoms. The van der Waals surface area contributed by atoms with E-state index in [9.17, 15) is 0 Å². The summed E-state index contributed by atoms with van der Waals surface area (Å²) in [6.45, 7) is 0. The number of para-hydroxylation sites is 2. The molecular formula is C11H20N4. The quantitative estimate of drug-likeness (QED) is 0.470. The van der Waals surface area contributed by atoms with Crippen LogP contribution in [0.15, 0.2) is 24.3 Å². The van der Waals surface area contributed by atoms with E-state index < -0.39 is 0 Å². The lowest BCUT2D eigenvalue weighted by molar-refractivity contribution is 0.603. The van der Waals surface area contributed by atoms with Crippen LogP contribution < -0.4 is 22.9 Å². The monoisotopic (exact) mass is 208 g/mol. The number of benzene rings is 1. The Labute approximate surface area is 90.6 Å². The van der Waals surface area contributed by atoms with Crippen molar-refractivity contribution >= 4 is 11.4 Å². The molecule has 1 aromatic rings. The van der Waals surface area contributed by atoms with Crippen LogP contribution in [0.2, 0.25) is 0 Å². The van der Waals surface area contributed by atoms with Gasteiger partial charge in [-0.2, -0.15) is 0 Å². The van der Waals surface area contributed by atoms with Crippen LogP contribution in [0.4, 0.5) is 11.4 Å². The number of nitrogen functional groups attached to an aromatic ring is 2. The fraction of sp³-hybridized carbons (Fsp3) is 0.455. The summed E-state index contributed by atoms with van der Waals surface area (Å²) in [5.41, 5.74) is 23.2. The molecule has 2 atom stereocenters. The molecule has 1 aromatic carbocycles. The van der Waals surface area contributed by atoms with Gasteiger partial charge in [0.15, 0.2) is 0 Å². The van der Waals surface area contributed by atoms with Gasteiger partial charge in [0.25, 0.3) is 0 Å². The molecule has 1 aliphatic rings. The van der Waals surface area contributed by atoms with E-state index in [2.05, 4.69) is 0 Å². The average Bonchev–Trinajstić information content (AvgIpc) is 2.57. The largest absolute Gasteiger partial charge is 0.397 e. The Bertz CT molecular complexity index is 271. The van der Waals surface area contributed by atoms with Crippen molar-refractivity contribution in [3.05, 3.63) is 24.3 Å². The summed E-state index contributed by atoms with van der Waals surface area (Å²) >= 11 is 0. The molecule has 1 fully saturated rings. The summed E-state index contributed by atoms with van der Waals surface area (Å²) in [7, 11) is 0. The van der Waals surface area contributed by atoms with E-state index in [1.165, 1.54) is 6.42 Å². The van der Waals surface area contributed by atoms with Crippen molar-refractivity contribution in [2.75, 3.05) is 11.5 Å². The Morgan fingerprint density at radius 1 is 0.867 bits per heavy atom. The maximum atomic E-state index is 5.55. The minimum Gasteiger partial charge on any atom is -0.397 e. The predicted molar refractivity (Wildman–Crippen MR) is 65.1 cm³/mol. The van der Waals surface area contributed by atoms with Crippen LogP contribution in [0, 0.1) is 0 Å². The molecule has 1 aliphatic carbocycles. The van der Waals surface area contributed by atoms with Crippen LogP contribution in [0.3, 0.4) is 0 Å². The highest BCUT2D eigenvalue weighted by Gasteiger charge is 2.18. The molecule has 1 saturated carbocycles. The Hall–Kier alpha value is -1.26. The van der Waals surface area contributed by atoms with Crippen LogP contribution in [0.25, 0.3) is 0 Å². The van der Waals surface area contributed by atoms with Gasteiger partial charge in [-0.15, -0.1) is 0 Å². The molecule has 4 heteroatoms. The summed E-state index contributed by atoms with van der Waals surface area (Å²) in [6, 6.07) is 7.84. The van der Waals surface area contributed by atoms with Crippen LogP contribution in [-0.4, -0.2) is 12.1 Å². The first kappa shape index (κ1) is 11.8. The second-order valence-electron chi connectivity index (χ2n) is 3.89. The molecule has 8 N–H and O–H groups in total. The maximum Gasteiger partial charge on any atom is 0.0547 e. The molecule has 0 bridgehead atoms. The summed E-state index contributed by atoms with van der Waals surface area (Å²) in [6.07, 6.45) is 3.48. The zero-order chi connectivity index (χ0) is 11.3. The molecular weight excluding hydrogens is 188 g/mol. The van der Waals surface area contributed by atoms with Gasteiger partial charge in [-0.1, -0.05) is 18.6 Å². The van der Waals surface area contributed by atoms with Gasteiger partial charge in [0.05, 0.1) is 11.4 Å². The van der Waals surface area contributed by atoms with Crippen LogP contribution in [0.1, 0.15) is 19.3 Å². The molecule has 0 heterocycles. The van der Waals surface area contributed by atoms with E-state index in [0.29, 0.717) is 23.5 Å². The number of hydrogen-bond donors (Lipinski definition) is 4. The molecule has 0 radical (unpaired) electrons. The lowest BCUT2D eigenvalue weighted by Crippen LogP contribution is -2.35.